The maximum Gasteiger partial charge on any atom is 0.258 e. The summed E-state index contributed by atoms with van der Waals surface area (Å²) in [4.78, 5) is 27.2. The molecule has 0 aromatic heterocycles. The molecule has 1 fully saturated rings. The van der Waals surface area contributed by atoms with E-state index in [0.717, 1.165) is 11.3 Å². The highest BCUT2D eigenvalue weighted by Crippen LogP contribution is 2.40. The van der Waals surface area contributed by atoms with E-state index >= 15 is 0 Å². The summed E-state index contributed by atoms with van der Waals surface area (Å²) in [6.45, 7) is -0.175. The molecule has 7 heteroatoms. The van der Waals surface area contributed by atoms with Crippen LogP contribution in [0.3, 0.4) is 0 Å². The third kappa shape index (κ3) is 4.37. The van der Waals surface area contributed by atoms with E-state index in [-0.39, 0.29) is 24.5 Å². The van der Waals surface area contributed by atoms with E-state index in [1.54, 1.807) is 43.4 Å². The van der Waals surface area contributed by atoms with E-state index in [1.807, 2.05) is 54.6 Å². The van der Waals surface area contributed by atoms with Gasteiger partial charge in [-0.3, -0.25) is 9.59 Å². The molecule has 1 N–H and O–H groups in total. The first-order valence-corrected chi connectivity index (χ1v) is 10.2. The summed E-state index contributed by atoms with van der Waals surface area (Å²) >= 11 is 0. The SMILES string of the molecule is COc1ccc([C@@H]2[C@@H](NC(=O)COc3ccccc3)C(=O)N2c2ccc(OC)cc2)cc1. The average Bonchev–Trinajstić information content (AvgIpc) is 2.85. The second-order valence-electron chi connectivity index (χ2n) is 7.27. The Kier molecular flexibility index (Phi) is 6.26. The fourth-order valence-electron chi connectivity index (χ4n) is 3.68. The molecule has 2 atom stereocenters. The predicted octanol–water partition coefficient (Wildman–Crippen LogP) is 3.36. The van der Waals surface area contributed by atoms with Crippen LogP contribution in [-0.2, 0) is 9.59 Å². The number of amides is 2. The van der Waals surface area contributed by atoms with Gasteiger partial charge in [-0.2, -0.15) is 0 Å². The number of hydrogen-bond donors (Lipinski definition) is 1. The quantitative estimate of drug-likeness (QED) is 0.553. The Morgan fingerprint density at radius 3 is 2.03 bits per heavy atom. The van der Waals surface area contributed by atoms with Gasteiger partial charge in [-0.1, -0.05) is 30.3 Å². The van der Waals surface area contributed by atoms with Gasteiger partial charge in [0, 0.05) is 5.69 Å². The Labute approximate surface area is 186 Å². The smallest absolute Gasteiger partial charge is 0.258 e. The van der Waals surface area contributed by atoms with E-state index in [0.29, 0.717) is 17.2 Å². The molecule has 0 saturated carbocycles. The summed E-state index contributed by atoms with van der Waals surface area (Å²) in [5.74, 6) is 1.45. The van der Waals surface area contributed by atoms with Gasteiger partial charge in [0.15, 0.2) is 6.61 Å². The van der Waals surface area contributed by atoms with Gasteiger partial charge in [-0.25, -0.2) is 0 Å². The normalized spacial score (nSPS) is 17.3. The van der Waals surface area contributed by atoms with Crippen molar-refractivity contribution in [2.24, 2.45) is 0 Å². The van der Waals surface area contributed by atoms with Crippen molar-refractivity contribution in [2.75, 3.05) is 25.7 Å². The molecule has 1 aliphatic rings. The summed E-state index contributed by atoms with van der Waals surface area (Å²) in [6.07, 6.45) is 0. The maximum atomic E-state index is 13.0. The number of para-hydroxylation sites is 1. The van der Waals surface area contributed by atoms with Crippen LogP contribution in [0.4, 0.5) is 5.69 Å². The lowest BCUT2D eigenvalue weighted by Gasteiger charge is -2.47. The average molecular weight is 432 g/mol. The molecular formula is C25H24N2O5. The Bertz CT molecular complexity index is 1070. The fraction of sp³-hybridized carbons (Fsp3) is 0.200. The zero-order chi connectivity index (χ0) is 22.5. The van der Waals surface area contributed by atoms with Gasteiger partial charge in [0.05, 0.1) is 20.3 Å². The zero-order valence-electron chi connectivity index (χ0n) is 17.9. The van der Waals surface area contributed by atoms with Gasteiger partial charge in [-0.15, -0.1) is 0 Å². The van der Waals surface area contributed by atoms with Gasteiger partial charge >= 0.3 is 0 Å². The third-order valence-electron chi connectivity index (χ3n) is 5.33. The van der Waals surface area contributed by atoms with Crippen LogP contribution in [0.2, 0.25) is 0 Å². The number of nitrogens with one attached hydrogen (secondary N) is 1. The number of carbonyl (C=O) groups is 2. The summed E-state index contributed by atoms with van der Waals surface area (Å²) < 4.78 is 16.0. The molecule has 0 radical (unpaired) electrons. The lowest BCUT2D eigenvalue weighted by Crippen LogP contribution is -2.66. The first-order valence-electron chi connectivity index (χ1n) is 10.2. The van der Waals surface area contributed by atoms with E-state index in [4.69, 9.17) is 14.2 Å². The largest absolute Gasteiger partial charge is 0.497 e. The van der Waals surface area contributed by atoms with Crippen LogP contribution in [0.25, 0.3) is 0 Å². The van der Waals surface area contributed by atoms with E-state index in [2.05, 4.69) is 5.32 Å². The fourth-order valence-corrected chi connectivity index (χ4v) is 3.68. The number of anilines is 1. The van der Waals surface area contributed by atoms with Crippen LogP contribution >= 0.6 is 0 Å². The van der Waals surface area contributed by atoms with Crippen molar-refractivity contribution in [1.82, 2.24) is 5.32 Å². The molecule has 3 aromatic carbocycles. The van der Waals surface area contributed by atoms with Gasteiger partial charge < -0.3 is 24.4 Å². The monoisotopic (exact) mass is 432 g/mol. The second-order valence-corrected chi connectivity index (χ2v) is 7.27. The molecule has 0 unspecified atom stereocenters. The molecule has 0 bridgehead atoms. The number of hydrogen-bond acceptors (Lipinski definition) is 5. The zero-order valence-corrected chi connectivity index (χ0v) is 17.9. The van der Waals surface area contributed by atoms with Crippen LogP contribution in [0, 0.1) is 0 Å². The number of nitrogens with zero attached hydrogens (tertiary/aromatic N) is 1. The van der Waals surface area contributed by atoms with E-state index in [9.17, 15) is 9.59 Å². The number of β-lactam (4-membered cyclic amide) rings is 1. The highest BCUT2D eigenvalue weighted by molar-refractivity contribution is 6.07. The molecule has 164 valence electrons. The van der Waals surface area contributed by atoms with Crippen LogP contribution < -0.4 is 24.4 Å². The summed E-state index contributed by atoms with van der Waals surface area (Å²) in [6, 6.07) is 22.7. The first kappa shape index (κ1) is 21.2. The molecule has 32 heavy (non-hydrogen) atoms. The molecular weight excluding hydrogens is 408 g/mol. The van der Waals surface area contributed by atoms with E-state index < -0.39 is 6.04 Å². The molecule has 1 heterocycles. The molecule has 4 rings (SSSR count). The lowest BCUT2D eigenvalue weighted by molar-refractivity contribution is -0.133. The van der Waals surface area contributed by atoms with Gasteiger partial charge in [0.25, 0.3) is 11.8 Å². The van der Waals surface area contributed by atoms with Crippen molar-refractivity contribution < 1.29 is 23.8 Å². The summed E-state index contributed by atoms with van der Waals surface area (Å²) in [5, 5.41) is 2.82. The Hall–Kier alpha value is -4.00. The summed E-state index contributed by atoms with van der Waals surface area (Å²) in [7, 11) is 3.19. The minimum atomic E-state index is -0.697. The Balaban J connectivity index is 1.53. The lowest BCUT2D eigenvalue weighted by atomic mass is 9.87. The molecule has 1 aliphatic heterocycles. The van der Waals surface area contributed by atoms with E-state index in [1.165, 1.54) is 0 Å². The predicted molar refractivity (Wildman–Crippen MR) is 120 cm³/mol. The van der Waals surface area contributed by atoms with Crippen molar-refractivity contribution in [3.63, 3.8) is 0 Å². The Morgan fingerprint density at radius 1 is 0.844 bits per heavy atom. The standard InChI is InChI=1S/C25H24N2O5/c1-30-19-12-8-17(9-13-19)24-23(26-22(28)16-32-21-6-4-3-5-7-21)25(29)27(24)18-10-14-20(31-2)15-11-18/h3-15,23-24H,16H2,1-2H3,(H,26,28)/t23-,24-/m1/s1. The molecule has 1 saturated heterocycles. The maximum absolute atomic E-state index is 13.0. The number of benzene rings is 3. The van der Waals surface area contributed by atoms with Crippen LogP contribution in [-0.4, -0.2) is 38.7 Å². The van der Waals surface area contributed by atoms with Crippen molar-refractivity contribution in [2.45, 2.75) is 12.1 Å². The number of carbonyl (C=O) groups excluding carboxylic acids is 2. The highest BCUT2D eigenvalue weighted by atomic mass is 16.5. The van der Waals surface area contributed by atoms with Crippen LogP contribution in [0.1, 0.15) is 11.6 Å². The number of methoxy groups -OCH3 is 2. The van der Waals surface area contributed by atoms with Crippen molar-refractivity contribution >= 4 is 17.5 Å². The van der Waals surface area contributed by atoms with Crippen LogP contribution in [0.5, 0.6) is 17.2 Å². The Morgan fingerprint density at radius 2 is 1.44 bits per heavy atom. The molecule has 0 spiro atoms. The number of ether oxygens (including phenoxy) is 3. The molecule has 2 amide bonds. The minimum absolute atomic E-state index is 0.175. The minimum Gasteiger partial charge on any atom is -0.497 e. The molecule has 7 nitrogen and oxygen atoms in total. The molecule has 0 aliphatic carbocycles. The number of rotatable bonds is 8. The van der Waals surface area contributed by atoms with Crippen molar-refractivity contribution in [1.29, 1.82) is 0 Å². The van der Waals surface area contributed by atoms with Crippen LogP contribution in [0.15, 0.2) is 78.9 Å². The topological polar surface area (TPSA) is 77.1 Å². The first-order chi connectivity index (χ1) is 15.6. The third-order valence-corrected chi connectivity index (χ3v) is 5.33. The van der Waals surface area contributed by atoms with Gasteiger partial charge in [0.1, 0.15) is 23.3 Å². The van der Waals surface area contributed by atoms with Crippen molar-refractivity contribution in [3.8, 4) is 17.2 Å². The van der Waals surface area contributed by atoms with Crippen molar-refractivity contribution in [3.05, 3.63) is 84.4 Å². The highest BCUT2D eigenvalue weighted by Gasteiger charge is 2.49. The molecule has 3 aromatic rings. The second kappa shape index (κ2) is 9.43. The van der Waals surface area contributed by atoms with Gasteiger partial charge in [0.2, 0.25) is 0 Å². The summed E-state index contributed by atoms with van der Waals surface area (Å²) in [5.41, 5.74) is 1.61. The van der Waals surface area contributed by atoms with Gasteiger partial charge in [-0.05, 0) is 54.1 Å².